The Labute approximate surface area is 118 Å². The highest BCUT2D eigenvalue weighted by Gasteiger charge is 2.41. The summed E-state index contributed by atoms with van der Waals surface area (Å²) in [5, 5.41) is 0. The van der Waals surface area contributed by atoms with E-state index in [9.17, 15) is 0 Å². The van der Waals surface area contributed by atoms with E-state index in [4.69, 9.17) is 5.73 Å². The van der Waals surface area contributed by atoms with E-state index in [1.165, 1.54) is 64.6 Å². The van der Waals surface area contributed by atoms with Gasteiger partial charge in [0.25, 0.3) is 0 Å². The van der Waals surface area contributed by atoms with Crippen LogP contribution in [0.1, 0.15) is 51.9 Å². The van der Waals surface area contributed by atoms with Gasteiger partial charge >= 0.3 is 0 Å². The van der Waals surface area contributed by atoms with Gasteiger partial charge in [0.15, 0.2) is 0 Å². The number of rotatable bonds is 2. The molecule has 3 heterocycles. The zero-order valence-corrected chi connectivity index (χ0v) is 12.8. The molecule has 0 aromatic heterocycles. The maximum atomic E-state index is 6.24. The molecule has 0 saturated carbocycles. The number of likely N-dealkylation sites (tertiary alicyclic amines) is 1. The third kappa shape index (κ3) is 2.98. The first-order valence-electron chi connectivity index (χ1n) is 8.26. The molecule has 110 valence electrons. The standard InChI is InChI=1S/C16H31N3/c1-16(6-8-18(2)9-7-16)12-19-14-4-3-5-15(19)11-13(17)10-14/h13-15H,3-12,17H2,1-2H3. The molecule has 2 atom stereocenters. The molecule has 2 unspecified atom stereocenters. The zero-order chi connectivity index (χ0) is 13.5. The minimum Gasteiger partial charge on any atom is -0.328 e. The molecule has 3 saturated heterocycles. The lowest BCUT2D eigenvalue weighted by atomic mass is 9.76. The Morgan fingerprint density at radius 1 is 1.11 bits per heavy atom. The van der Waals surface area contributed by atoms with Gasteiger partial charge in [-0.25, -0.2) is 0 Å². The van der Waals surface area contributed by atoms with Crippen LogP contribution in [-0.2, 0) is 0 Å². The van der Waals surface area contributed by atoms with E-state index in [1.807, 2.05) is 0 Å². The number of hydrogen-bond donors (Lipinski definition) is 1. The molecule has 0 aromatic carbocycles. The van der Waals surface area contributed by atoms with Gasteiger partial charge in [-0.15, -0.1) is 0 Å². The summed E-state index contributed by atoms with van der Waals surface area (Å²) in [6, 6.07) is 2.05. The predicted molar refractivity (Wildman–Crippen MR) is 80.2 cm³/mol. The molecule has 3 aliphatic rings. The van der Waals surface area contributed by atoms with E-state index in [0.717, 1.165) is 12.1 Å². The molecule has 3 fully saturated rings. The molecule has 3 heteroatoms. The number of nitrogens with zero attached hydrogens (tertiary/aromatic N) is 2. The first-order valence-corrected chi connectivity index (χ1v) is 8.26. The van der Waals surface area contributed by atoms with Crippen LogP contribution in [0.4, 0.5) is 0 Å². The Bertz CT molecular complexity index is 295. The van der Waals surface area contributed by atoms with Gasteiger partial charge < -0.3 is 10.6 Å². The van der Waals surface area contributed by atoms with Gasteiger partial charge in [-0.1, -0.05) is 13.3 Å². The Hall–Kier alpha value is -0.120. The first-order chi connectivity index (χ1) is 9.06. The molecule has 0 radical (unpaired) electrons. The van der Waals surface area contributed by atoms with E-state index < -0.39 is 0 Å². The molecule has 19 heavy (non-hydrogen) atoms. The third-order valence-electron chi connectivity index (χ3n) is 5.92. The van der Waals surface area contributed by atoms with E-state index in [1.54, 1.807) is 0 Å². The van der Waals surface area contributed by atoms with Gasteiger partial charge in [0.05, 0.1) is 0 Å². The van der Waals surface area contributed by atoms with Crippen LogP contribution in [0.2, 0.25) is 0 Å². The quantitative estimate of drug-likeness (QED) is 0.829. The second-order valence-corrected chi connectivity index (χ2v) is 7.76. The van der Waals surface area contributed by atoms with Crippen molar-refractivity contribution in [3.05, 3.63) is 0 Å². The molecule has 2 bridgehead atoms. The summed E-state index contributed by atoms with van der Waals surface area (Å²) in [6.07, 6.45) is 9.42. The van der Waals surface area contributed by atoms with Crippen molar-refractivity contribution in [1.29, 1.82) is 0 Å². The van der Waals surface area contributed by atoms with Crippen molar-refractivity contribution < 1.29 is 0 Å². The molecule has 3 aliphatic heterocycles. The van der Waals surface area contributed by atoms with E-state index in [0.29, 0.717) is 11.5 Å². The van der Waals surface area contributed by atoms with Crippen molar-refractivity contribution in [2.75, 3.05) is 26.7 Å². The maximum absolute atomic E-state index is 6.24. The number of hydrogen-bond acceptors (Lipinski definition) is 3. The average Bonchev–Trinajstić information content (AvgIpc) is 2.35. The van der Waals surface area contributed by atoms with E-state index >= 15 is 0 Å². The average molecular weight is 265 g/mol. The summed E-state index contributed by atoms with van der Waals surface area (Å²) in [4.78, 5) is 5.34. The minimum atomic E-state index is 0.469. The van der Waals surface area contributed by atoms with E-state index in [2.05, 4.69) is 23.8 Å². The molecule has 0 spiro atoms. The van der Waals surface area contributed by atoms with Gasteiger partial charge in [0.2, 0.25) is 0 Å². The summed E-state index contributed by atoms with van der Waals surface area (Å²) in [5.74, 6) is 0. The minimum absolute atomic E-state index is 0.469. The number of fused-ring (bicyclic) bond motifs is 2. The van der Waals surface area contributed by atoms with Crippen LogP contribution in [0.5, 0.6) is 0 Å². The predicted octanol–water partition coefficient (Wildman–Crippen LogP) is 2.06. The Morgan fingerprint density at radius 3 is 2.26 bits per heavy atom. The molecule has 0 aromatic rings. The van der Waals surface area contributed by atoms with Gasteiger partial charge in [-0.05, 0) is 64.1 Å². The fourth-order valence-corrected chi connectivity index (χ4v) is 4.54. The number of nitrogens with two attached hydrogens (primary N) is 1. The van der Waals surface area contributed by atoms with Crippen molar-refractivity contribution >= 4 is 0 Å². The molecule has 3 nitrogen and oxygen atoms in total. The van der Waals surface area contributed by atoms with Gasteiger partial charge in [0, 0.05) is 24.7 Å². The van der Waals surface area contributed by atoms with Crippen LogP contribution >= 0.6 is 0 Å². The van der Waals surface area contributed by atoms with Crippen molar-refractivity contribution in [2.24, 2.45) is 11.1 Å². The van der Waals surface area contributed by atoms with Crippen LogP contribution in [-0.4, -0.2) is 54.6 Å². The van der Waals surface area contributed by atoms with Gasteiger partial charge in [0.1, 0.15) is 0 Å². The smallest absolute Gasteiger partial charge is 0.0113 e. The summed E-state index contributed by atoms with van der Waals surface area (Å²) in [5.41, 5.74) is 6.78. The largest absolute Gasteiger partial charge is 0.328 e. The lowest BCUT2D eigenvalue weighted by Crippen LogP contribution is -2.58. The fraction of sp³-hybridized carbons (Fsp3) is 1.00. The lowest BCUT2D eigenvalue weighted by Gasteiger charge is -2.52. The van der Waals surface area contributed by atoms with Crippen molar-refractivity contribution in [2.45, 2.75) is 70.0 Å². The third-order valence-corrected chi connectivity index (χ3v) is 5.92. The van der Waals surface area contributed by atoms with Gasteiger partial charge in [-0.2, -0.15) is 0 Å². The molecular formula is C16H31N3. The van der Waals surface area contributed by atoms with Crippen molar-refractivity contribution in [3.8, 4) is 0 Å². The highest BCUT2D eigenvalue weighted by atomic mass is 15.2. The Morgan fingerprint density at radius 2 is 1.68 bits per heavy atom. The summed E-state index contributed by atoms with van der Waals surface area (Å²) in [7, 11) is 2.26. The monoisotopic (exact) mass is 265 g/mol. The van der Waals surface area contributed by atoms with Crippen LogP contribution in [0.3, 0.4) is 0 Å². The van der Waals surface area contributed by atoms with Crippen LogP contribution in [0, 0.1) is 5.41 Å². The molecule has 2 N–H and O–H groups in total. The maximum Gasteiger partial charge on any atom is 0.0113 e. The van der Waals surface area contributed by atoms with Crippen LogP contribution < -0.4 is 5.73 Å². The summed E-state index contributed by atoms with van der Waals surface area (Å²) in [6.45, 7) is 6.39. The summed E-state index contributed by atoms with van der Waals surface area (Å²) >= 11 is 0. The van der Waals surface area contributed by atoms with E-state index in [-0.39, 0.29) is 0 Å². The highest BCUT2D eigenvalue weighted by molar-refractivity contribution is 4.97. The second-order valence-electron chi connectivity index (χ2n) is 7.76. The zero-order valence-electron chi connectivity index (χ0n) is 12.8. The normalized spacial score (nSPS) is 40.3. The SMILES string of the molecule is CN1CCC(C)(CN2C3CCCC2CC(N)C3)CC1. The lowest BCUT2D eigenvalue weighted by molar-refractivity contribution is -0.0164. The fourth-order valence-electron chi connectivity index (χ4n) is 4.54. The Balaban J connectivity index is 1.65. The molecule has 0 amide bonds. The van der Waals surface area contributed by atoms with Crippen molar-refractivity contribution in [3.63, 3.8) is 0 Å². The topological polar surface area (TPSA) is 32.5 Å². The molecule has 3 rings (SSSR count). The summed E-state index contributed by atoms with van der Waals surface area (Å²) < 4.78 is 0. The van der Waals surface area contributed by atoms with Crippen molar-refractivity contribution in [1.82, 2.24) is 9.80 Å². The van der Waals surface area contributed by atoms with Crippen LogP contribution in [0.25, 0.3) is 0 Å². The number of piperidine rings is 3. The highest BCUT2D eigenvalue weighted by Crippen LogP contribution is 2.39. The Kier molecular flexibility index (Phi) is 3.89. The van der Waals surface area contributed by atoms with Gasteiger partial charge in [-0.3, -0.25) is 4.90 Å². The second kappa shape index (κ2) is 5.34. The first kappa shape index (κ1) is 13.8. The van der Waals surface area contributed by atoms with Crippen LogP contribution in [0.15, 0.2) is 0 Å². The molecule has 0 aliphatic carbocycles. The molecular weight excluding hydrogens is 234 g/mol.